The third kappa shape index (κ3) is 4.13. The second-order valence-corrected chi connectivity index (χ2v) is 6.93. The van der Waals surface area contributed by atoms with Gasteiger partial charge in [0, 0.05) is 11.5 Å². The first-order chi connectivity index (χ1) is 13.0. The van der Waals surface area contributed by atoms with Gasteiger partial charge in [-0.25, -0.2) is 4.79 Å². The van der Waals surface area contributed by atoms with E-state index >= 15 is 0 Å². The van der Waals surface area contributed by atoms with E-state index in [2.05, 4.69) is 19.1 Å². The van der Waals surface area contributed by atoms with Gasteiger partial charge in [0.2, 0.25) is 5.91 Å². The molecule has 0 bridgehead atoms. The summed E-state index contributed by atoms with van der Waals surface area (Å²) in [6, 6.07) is 10.3. The molecule has 1 unspecified atom stereocenters. The number of hydrogen-bond donors (Lipinski definition) is 2. The van der Waals surface area contributed by atoms with E-state index in [4.69, 9.17) is 15.6 Å². The van der Waals surface area contributed by atoms with Crippen LogP contribution < -0.4 is 5.73 Å². The molecule has 1 aromatic carbocycles. The van der Waals surface area contributed by atoms with Gasteiger partial charge in [-0.2, -0.15) is 0 Å². The Morgan fingerprint density at radius 3 is 2.63 bits per heavy atom. The smallest absolute Gasteiger partial charge is 0.341 e. The van der Waals surface area contributed by atoms with E-state index in [0.717, 1.165) is 36.8 Å². The molecule has 0 heterocycles. The van der Waals surface area contributed by atoms with Crippen LogP contribution in [0.1, 0.15) is 38.2 Å². The molecule has 0 saturated carbocycles. The Kier molecular flexibility index (Phi) is 5.79. The van der Waals surface area contributed by atoms with E-state index in [1.54, 1.807) is 0 Å². The van der Waals surface area contributed by atoms with Crippen LogP contribution in [0.25, 0.3) is 0 Å². The molecule has 5 heteroatoms. The van der Waals surface area contributed by atoms with Crippen molar-refractivity contribution in [1.82, 2.24) is 0 Å². The predicted molar refractivity (Wildman–Crippen MR) is 103 cm³/mol. The standard InChI is InChI=1S/C22H25NO4/c1-2-15-17(11-14-7-4-3-5-8-14)16-9-6-10-19(27-13-21(25)26)22(16)18(15)12-20(23)24/h3-5,7-8,10,17H,2,6,9,11-13H2,1H3,(H2,23,24)(H,25,26). The fourth-order valence-electron chi connectivity index (χ4n) is 4.22. The normalized spacial score (nSPS) is 19.0. The van der Waals surface area contributed by atoms with Crippen molar-refractivity contribution in [2.45, 2.75) is 39.0 Å². The topological polar surface area (TPSA) is 89.6 Å². The number of carboxylic acids is 1. The number of aliphatic carboxylic acids is 1. The van der Waals surface area contributed by atoms with Crippen molar-refractivity contribution in [2.75, 3.05) is 6.61 Å². The number of hydrogen-bond acceptors (Lipinski definition) is 3. The second kappa shape index (κ2) is 8.25. The molecule has 0 aromatic heterocycles. The van der Waals surface area contributed by atoms with Crippen molar-refractivity contribution in [1.29, 1.82) is 0 Å². The molecule has 3 N–H and O–H groups in total. The Morgan fingerprint density at radius 1 is 1.26 bits per heavy atom. The molecule has 1 amide bonds. The van der Waals surface area contributed by atoms with Crippen LogP contribution in [-0.2, 0) is 20.7 Å². The number of allylic oxidation sites excluding steroid dienone is 4. The van der Waals surface area contributed by atoms with Gasteiger partial charge in [0.05, 0.1) is 6.42 Å². The fourth-order valence-corrected chi connectivity index (χ4v) is 4.22. The molecule has 0 aliphatic heterocycles. The highest BCUT2D eigenvalue weighted by molar-refractivity contribution is 5.80. The number of rotatable bonds is 8. The number of carbonyl (C=O) groups excluding carboxylic acids is 1. The third-order valence-corrected chi connectivity index (χ3v) is 5.21. The molecule has 27 heavy (non-hydrogen) atoms. The molecule has 5 nitrogen and oxygen atoms in total. The Bertz CT molecular complexity index is 833. The van der Waals surface area contributed by atoms with Gasteiger partial charge in [-0.1, -0.05) is 48.4 Å². The summed E-state index contributed by atoms with van der Waals surface area (Å²) in [4.78, 5) is 22.7. The lowest BCUT2D eigenvalue weighted by Crippen LogP contribution is -2.15. The first-order valence-corrected chi connectivity index (χ1v) is 9.33. The number of ether oxygens (including phenoxy) is 1. The molecule has 2 aliphatic rings. The second-order valence-electron chi connectivity index (χ2n) is 6.93. The molecular weight excluding hydrogens is 342 g/mol. The van der Waals surface area contributed by atoms with Crippen molar-refractivity contribution >= 4 is 11.9 Å². The zero-order valence-corrected chi connectivity index (χ0v) is 15.5. The average molecular weight is 367 g/mol. The monoisotopic (exact) mass is 367 g/mol. The summed E-state index contributed by atoms with van der Waals surface area (Å²) in [7, 11) is 0. The number of benzene rings is 1. The number of primary amides is 1. The molecule has 142 valence electrons. The largest absolute Gasteiger partial charge is 0.482 e. The summed E-state index contributed by atoms with van der Waals surface area (Å²) in [5.74, 6) is -0.611. The van der Waals surface area contributed by atoms with E-state index in [0.29, 0.717) is 5.76 Å². The van der Waals surface area contributed by atoms with Crippen molar-refractivity contribution in [3.8, 4) is 0 Å². The Hall–Kier alpha value is -2.82. The highest BCUT2D eigenvalue weighted by Gasteiger charge is 2.36. The van der Waals surface area contributed by atoms with Crippen LogP contribution in [0.2, 0.25) is 0 Å². The summed E-state index contributed by atoms with van der Waals surface area (Å²) in [5.41, 5.74) is 11.1. The molecule has 1 atom stereocenters. The summed E-state index contributed by atoms with van der Waals surface area (Å²) < 4.78 is 5.58. The van der Waals surface area contributed by atoms with Gasteiger partial charge < -0.3 is 15.6 Å². The van der Waals surface area contributed by atoms with Gasteiger partial charge in [-0.3, -0.25) is 4.79 Å². The van der Waals surface area contributed by atoms with Gasteiger partial charge in [0.25, 0.3) is 0 Å². The van der Waals surface area contributed by atoms with Gasteiger partial charge in [0.1, 0.15) is 5.76 Å². The number of carbonyl (C=O) groups is 2. The number of amides is 1. The number of nitrogens with two attached hydrogens (primary N) is 1. The minimum Gasteiger partial charge on any atom is -0.482 e. The van der Waals surface area contributed by atoms with Crippen molar-refractivity contribution in [2.24, 2.45) is 11.7 Å². The van der Waals surface area contributed by atoms with Crippen molar-refractivity contribution in [3.05, 3.63) is 70.0 Å². The van der Waals surface area contributed by atoms with E-state index in [1.165, 1.54) is 16.7 Å². The first-order valence-electron chi connectivity index (χ1n) is 9.33. The zero-order valence-electron chi connectivity index (χ0n) is 15.5. The molecule has 0 fully saturated rings. The molecule has 0 spiro atoms. The lowest BCUT2D eigenvalue weighted by Gasteiger charge is -2.22. The average Bonchev–Trinajstić information content (AvgIpc) is 2.93. The molecular formula is C22H25NO4. The van der Waals surface area contributed by atoms with Crippen LogP contribution in [0.15, 0.2) is 64.5 Å². The highest BCUT2D eigenvalue weighted by atomic mass is 16.5. The lowest BCUT2D eigenvalue weighted by molar-refractivity contribution is -0.140. The Balaban J connectivity index is 2.01. The van der Waals surface area contributed by atoms with E-state index < -0.39 is 12.6 Å². The minimum atomic E-state index is -1.02. The van der Waals surface area contributed by atoms with Gasteiger partial charge in [-0.15, -0.1) is 0 Å². The third-order valence-electron chi connectivity index (χ3n) is 5.21. The Morgan fingerprint density at radius 2 is 2.00 bits per heavy atom. The molecule has 1 aromatic rings. The van der Waals surface area contributed by atoms with Crippen LogP contribution in [0, 0.1) is 5.92 Å². The van der Waals surface area contributed by atoms with Gasteiger partial charge >= 0.3 is 5.97 Å². The van der Waals surface area contributed by atoms with Crippen molar-refractivity contribution in [3.63, 3.8) is 0 Å². The highest BCUT2D eigenvalue weighted by Crippen LogP contribution is 2.48. The summed E-state index contributed by atoms with van der Waals surface area (Å²) in [6.45, 7) is 1.70. The molecule has 0 radical (unpaired) electrons. The van der Waals surface area contributed by atoms with Gasteiger partial charge in [-0.05, 0) is 42.9 Å². The quantitative estimate of drug-likeness (QED) is 0.736. The molecule has 3 rings (SSSR count). The van der Waals surface area contributed by atoms with Crippen LogP contribution >= 0.6 is 0 Å². The van der Waals surface area contributed by atoms with Crippen LogP contribution in [-0.4, -0.2) is 23.6 Å². The fraction of sp³-hybridized carbons (Fsp3) is 0.364. The number of carboxylic acid groups (broad SMARTS) is 1. The summed E-state index contributed by atoms with van der Waals surface area (Å²) in [5, 5.41) is 8.99. The summed E-state index contributed by atoms with van der Waals surface area (Å²) in [6.07, 6.45) is 5.46. The zero-order chi connectivity index (χ0) is 19.4. The van der Waals surface area contributed by atoms with Crippen LogP contribution in [0.5, 0.6) is 0 Å². The maximum absolute atomic E-state index is 11.7. The minimum absolute atomic E-state index is 0.154. The molecule has 2 aliphatic carbocycles. The van der Waals surface area contributed by atoms with Crippen LogP contribution in [0.3, 0.4) is 0 Å². The van der Waals surface area contributed by atoms with Crippen LogP contribution in [0.4, 0.5) is 0 Å². The Labute approximate surface area is 159 Å². The van der Waals surface area contributed by atoms with E-state index in [9.17, 15) is 9.59 Å². The maximum atomic E-state index is 11.7. The van der Waals surface area contributed by atoms with Gasteiger partial charge in [0.15, 0.2) is 6.61 Å². The van der Waals surface area contributed by atoms with E-state index in [-0.39, 0.29) is 18.2 Å². The SMILES string of the molecule is CCC1=C(CC(N)=O)C2=C(CCC=C2OCC(=O)O)C1Cc1ccccc1. The predicted octanol–water partition coefficient (Wildman–Crippen LogP) is 3.52. The molecule has 0 saturated heterocycles. The van der Waals surface area contributed by atoms with Crippen molar-refractivity contribution < 1.29 is 19.4 Å². The summed E-state index contributed by atoms with van der Waals surface area (Å²) >= 11 is 0. The lowest BCUT2D eigenvalue weighted by atomic mass is 9.84. The first kappa shape index (κ1) is 19.0. The maximum Gasteiger partial charge on any atom is 0.341 e. The van der Waals surface area contributed by atoms with E-state index in [1.807, 2.05) is 24.3 Å².